The molecule has 9 heavy (non-hydrogen) atoms. The zero-order chi connectivity index (χ0) is 7.44. The fraction of sp³-hybridized carbons (Fsp3) is 1.00. The van der Waals surface area contributed by atoms with E-state index in [9.17, 15) is 0 Å². The smallest absolute Gasteiger partial charge is 0.309 e. The van der Waals surface area contributed by atoms with E-state index in [0.717, 1.165) is 0 Å². The third kappa shape index (κ3) is 2.87. The van der Waals surface area contributed by atoms with Crippen molar-refractivity contribution in [2.24, 2.45) is 0 Å². The topological polar surface area (TPSA) is 6.48 Å². The number of hydrogen-bond acceptors (Lipinski definition) is 2. The summed E-state index contributed by atoms with van der Waals surface area (Å²) in [5.74, 6) is 0. The van der Waals surface area contributed by atoms with Gasteiger partial charge in [0.05, 0.1) is 0 Å². The molecule has 0 unspecified atom stereocenters. The summed E-state index contributed by atoms with van der Waals surface area (Å²) >= 11 is 0. The Hall–Kier alpha value is -0.0151. The average molecular weight is 128 g/mol. The van der Waals surface area contributed by atoms with E-state index in [1.54, 1.807) is 0 Å². The molecule has 0 aliphatic carbocycles. The Morgan fingerprint density at radius 2 is 1.33 bits per heavy atom. The molecule has 0 aromatic rings. The molecule has 0 N–H and O–H groups in total. The van der Waals surface area contributed by atoms with E-state index >= 15 is 0 Å². The van der Waals surface area contributed by atoms with Gasteiger partial charge in [0.25, 0.3) is 0 Å². The predicted octanol–water partition coefficient (Wildman–Crippen LogP) is 0.618. The van der Waals surface area contributed by atoms with Crippen molar-refractivity contribution in [1.82, 2.24) is 9.62 Å². The minimum atomic E-state index is 0.588. The summed E-state index contributed by atoms with van der Waals surface area (Å²) in [4.78, 5) is 4.44. The molecule has 0 aliphatic heterocycles. The largest absolute Gasteiger partial charge is 0.334 e. The molecule has 0 saturated heterocycles. The summed E-state index contributed by atoms with van der Waals surface area (Å²) in [5, 5.41) is 0. The Morgan fingerprint density at radius 3 is 1.33 bits per heavy atom. The quantitative estimate of drug-likeness (QED) is 0.514. The monoisotopic (exact) mass is 128 g/mol. The van der Waals surface area contributed by atoms with Crippen molar-refractivity contribution in [3.05, 3.63) is 0 Å². The molecule has 0 radical (unpaired) electrons. The standard InChI is InChI=1S/C6H17BN2/c1-6-7(8(2)3)9(4)5/h6H2,1-5H3. The maximum absolute atomic E-state index is 2.22. The molecule has 0 bridgehead atoms. The molecule has 2 nitrogen and oxygen atoms in total. The van der Waals surface area contributed by atoms with Crippen LogP contribution in [0.2, 0.25) is 6.32 Å². The summed E-state index contributed by atoms with van der Waals surface area (Å²) in [7, 11) is 8.42. The lowest BCUT2D eigenvalue weighted by molar-refractivity contribution is 0.515. The molecule has 0 amide bonds. The predicted molar refractivity (Wildman–Crippen MR) is 43.6 cm³/mol. The molecule has 0 atom stereocenters. The lowest BCUT2D eigenvalue weighted by Gasteiger charge is -2.24. The fourth-order valence-electron chi connectivity index (χ4n) is 1.19. The van der Waals surface area contributed by atoms with Crippen LogP contribution in [-0.2, 0) is 0 Å². The minimum Gasteiger partial charge on any atom is -0.334 e. The number of rotatable bonds is 3. The van der Waals surface area contributed by atoms with E-state index in [-0.39, 0.29) is 0 Å². The van der Waals surface area contributed by atoms with Crippen LogP contribution in [0.3, 0.4) is 0 Å². The van der Waals surface area contributed by atoms with Crippen LogP contribution in [0.1, 0.15) is 6.92 Å². The molecule has 3 heteroatoms. The summed E-state index contributed by atoms with van der Waals surface area (Å²) < 4.78 is 0. The maximum atomic E-state index is 2.22. The summed E-state index contributed by atoms with van der Waals surface area (Å²) in [6.45, 7) is 2.79. The highest BCUT2D eigenvalue weighted by atomic mass is 15.2. The first kappa shape index (κ1) is 8.98. The van der Waals surface area contributed by atoms with Crippen LogP contribution >= 0.6 is 0 Å². The molecule has 0 aromatic heterocycles. The highest BCUT2D eigenvalue weighted by molar-refractivity contribution is 6.52. The summed E-state index contributed by atoms with van der Waals surface area (Å²) in [5.41, 5.74) is 0. The summed E-state index contributed by atoms with van der Waals surface area (Å²) in [6, 6.07) is 0. The number of nitrogens with zero attached hydrogens (tertiary/aromatic N) is 2. The molecule has 0 aliphatic rings. The second kappa shape index (κ2) is 3.91. The van der Waals surface area contributed by atoms with Gasteiger partial charge in [-0.3, -0.25) is 0 Å². The zero-order valence-electron chi connectivity index (χ0n) is 7.18. The van der Waals surface area contributed by atoms with Crippen LogP contribution in [0.4, 0.5) is 0 Å². The first-order chi connectivity index (χ1) is 4.09. The first-order valence-electron chi connectivity index (χ1n) is 3.42. The van der Waals surface area contributed by atoms with Crippen molar-refractivity contribution < 1.29 is 0 Å². The van der Waals surface area contributed by atoms with E-state index in [1.165, 1.54) is 6.32 Å². The van der Waals surface area contributed by atoms with Crippen molar-refractivity contribution in [1.29, 1.82) is 0 Å². The number of hydrogen-bond donors (Lipinski definition) is 0. The third-order valence-corrected chi connectivity index (χ3v) is 1.56. The van der Waals surface area contributed by atoms with Crippen LogP contribution in [-0.4, -0.2) is 44.8 Å². The van der Waals surface area contributed by atoms with Crippen molar-refractivity contribution in [2.75, 3.05) is 28.2 Å². The minimum absolute atomic E-state index is 0.588. The molecule has 0 aromatic carbocycles. The van der Waals surface area contributed by atoms with Gasteiger partial charge in [0, 0.05) is 0 Å². The van der Waals surface area contributed by atoms with Crippen molar-refractivity contribution in [3.8, 4) is 0 Å². The van der Waals surface area contributed by atoms with E-state index in [0.29, 0.717) is 6.98 Å². The van der Waals surface area contributed by atoms with Gasteiger partial charge >= 0.3 is 6.98 Å². The van der Waals surface area contributed by atoms with Crippen LogP contribution < -0.4 is 0 Å². The molecule has 54 valence electrons. The first-order valence-corrected chi connectivity index (χ1v) is 3.42. The van der Waals surface area contributed by atoms with Gasteiger partial charge in [0.1, 0.15) is 0 Å². The second-order valence-electron chi connectivity index (χ2n) is 2.82. The van der Waals surface area contributed by atoms with Gasteiger partial charge in [-0.1, -0.05) is 6.92 Å². The van der Waals surface area contributed by atoms with Gasteiger partial charge in [0.2, 0.25) is 0 Å². The summed E-state index contributed by atoms with van der Waals surface area (Å²) in [6.07, 6.45) is 1.18. The van der Waals surface area contributed by atoms with Gasteiger partial charge in [-0.2, -0.15) is 0 Å². The molecule has 0 saturated carbocycles. The lowest BCUT2D eigenvalue weighted by atomic mass is 9.70. The molecular formula is C6H17BN2. The van der Waals surface area contributed by atoms with E-state index in [2.05, 4.69) is 44.7 Å². The molecule has 0 heterocycles. The van der Waals surface area contributed by atoms with Crippen LogP contribution in [0.15, 0.2) is 0 Å². The van der Waals surface area contributed by atoms with Crippen LogP contribution in [0.5, 0.6) is 0 Å². The van der Waals surface area contributed by atoms with E-state index in [4.69, 9.17) is 0 Å². The maximum Gasteiger partial charge on any atom is 0.309 e. The van der Waals surface area contributed by atoms with Gasteiger partial charge in [0.15, 0.2) is 0 Å². The second-order valence-corrected chi connectivity index (χ2v) is 2.82. The van der Waals surface area contributed by atoms with Crippen molar-refractivity contribution in [2.45, 2.75) is 13.2 Å². The average Bonchev–Trinajstić information content (AvgIpc) is 1.64. The lowest BCUT2D eigenvalue weighted by Crippen LogP contribution is -2.44. The molecule has 0 rings (SSSR count). The normalized spacial score (nSPS) is 11.0. The highest BCUT2D eigenvalue weighted by Crippen LogP contribution is 1.96. The Balaban J connectivity index is 3.68. The Morgan fingerprint density at radius 1 is 1.00 bits per heavy atom. The Kier molecular flexibility index (Phi) is 3.90. The Labute approximate surface area is 59.0 Å². The SMILES string of the molecule is CCB(N(C)C)N(C)C. The third-order valence-electron chi connectivity index (χ3n) is 1.56. The molecule has 0 fully saturated rings. The van der Waals surface area contributed by atoms with Crippen molar-refractivity contribution >= 4 is 6.98 Å². The Bertz CT molecular complexity index is 65.5. The molecular weight excluding hydrogens is 111 g/mol. The zero-order valence-corrected chi connectivity index (χ0v) is 7.18. The van der Waals surface area contributed by atoms with Crippen LogP contribution in [0.25, 0.3) is 0 Å². The highest BCUT2D eigenvalue weighted by Gasteiger charge is 2.16. The van der Waals surface area contributed by atoms with Crippen LogP contribution in [0, 0.1) is 0 Å². The fourth-order valence-corrected chi connectivity index (χ4v) is 1.19. The van der Waals surface area contributed by atoms with E-state index in [1.807, 2.05) is 0 Å². The van der Waals surface area contributed by atoms with Gasteiger partial charge in [-0.25, -0.2) is 0 Å². The van der Waals surface area contributed by atoms with Gasteiger partial charge in [-0.05, 0) is 34.5 Å². The molecule has 0 spiro atoms. The van der Waals surface area contributed by atoms with Gasteiger partial charge < -0.3 is 9.62 Å². The van der Waals surface area contributed by atoms with Crippen molar-refractivity contribution in [3.63, 3.8) is 0 Å². The van der Waals surface area contributed by atoms with E-state index < -0.39 is 0 Å². The van der Waals surface area contributed by atoms with Gasteiger partial charge in [-0.15, -0.1) is 0 Å².